The molecule has 156 valence electrons. The topological polar surface area (TPSA) is 67.4 Å². The second-order valence-corrected chi connectivity index (χ2v) is 6.19. The van der Waals surface area contributed by atoms with Gasteiger partial charge in [-0.2, -0.15) is 13.2 Å². The summed E-state index contributed by atoms with van der Waals surface area (Å²) >= 11 is 0. The second-order valence-electron chi connectivity index (χ2n) is 6.19. The molecule has 0 radical (unpaired) electrons. The largest absolute Gasteiger partial charge is 0.462 e. The van der Waals surface area contributed by atoms with Crippen molar-refractivity contribution in [3.8, 4) is 0 Å². The molecule has 2 rings (SSSR count). The molecule has 0 aromatic heterocycles. The Labute approximate surface area is 165 Å². The summed E-state index contributed by atoms with van der Waals surface area (Å²) in [6, 6.07) is 7.43. The number of para-hydroxylation sites is 1. The van der Waals surface area contributed by atoms with Crippen molar-refractivity contribution in [2.24, 2.45) is 0 Å². The van der Waals surface area contributed by atoms with Crippen molar-refractivity contribution in [1.29, 1.82) is 0 Å². The number of urea groups is 1. The lowest BCUT2D eigenvalue weighted by Crippen LogP contribution is -2.29. The first kappa shape index (κ1) is 22.2. The summed E-state index contributed by atoms with van der Waals surface area (Å²) < 4.78 is 56.8. The quantitative estimate of drug-likeness (QED) is 0.377. The summed E-state index contributed by atoms with van der Waals surface area (Å²) in [6.45, 7) is 1.86. The van der Waals surface area contributed by atoms with Crippen LogP contribution in [0.1, 0.15) is 41.3 Å². The van der Waals surface area contributed by atoms with Crippen molar-refractivity contribution in [3.05, 3.63) is 65.0 Å². The molecule has 0 atom stereocenters. The van der Waals surface area contributed by atoms with Gasteiger partial charge in [0.1, 0.15) is 5.82 Å². The maximum atomic E-state index is 13.4. The predicted molar refractivity (Wildman–Crippen MR) is 98.9 cm³/mol. The number of hydrogen-bond donors (Lipinski definition) is 2. The highest BCUT2D eigenvalue weighted by atomic mass is 19.4. The zero-order valence-corrected chi connectivity index (χ0v) is 15.6. The highest BCUT2D eigenvalue weighted by molar-refractivity contribution is 6.00. The Bertz CT molecular complexity index is 869. The van der Waals surface area contributed by atoms with Crippen molar-refractivity contribution < 1.29 is 31.9 Å². The zero-order chi connectivity index (χ0) is 21.4. The Balaban J connectivity index is 2.02. The van der Waals surface area contributed by atoms with Gasteiger partial charge in [-0.15, -0.1) is 0 Å². The minimum Gasteiger partial charge on any atom is -0.462 e. The molecule has 2 N–H and O–H groups in total. The molecular formula is C20H20F4N2O3. The Morgan fingerprint density at radius 1 is 1.10 bits per heavy atom. The number of esters is 1. The fourth-order valence-electron chi connectivity index (χ4n) is 2.42. The van der Waals surface area contributed by atoms with Crippen LogP contribution in [-0.2, 0) is 17.5 Å². The molecule has 0 saturated heterocycles. The molecule has 2 aromatic carbocycles. The average Bonchev–Trinajstić information content (AvgIpc) is 2.66. The number of benzene rings is 2. The monoisotopic (exact) mass is 412 g/mol. The number of carbonyl (C=O) groups is 2. The molecule has 2 amide bonds. The smallest absolute Gasteiger partial charge is 0.416 e. The number of anilines is 1. The van der Waals surface area contributed by atoms with Crippen molar-refractivity contribution in [1.82, 2.24) is 5.32 Å². The van der Waals surface area contributed by atoms with Crippen LogP contribution in [0.5, 0.6) is 0 Å². The number of rotatable bonds is 7. The fourth-order valence-corrected chi connectivity index (χ4v) is 2.42. The van der Waals surface area contributed by atoms with Crippen LogP contribution in [0.2, 0.25) is 0 Å². The van der Waals surface area contributed by atoms with E-state index in [4.69, 9.17) is 4.74 Å². The number of ether oxygens (including phenoxy) is 1. The summed E-state index contributed by atoms with van der Waals surface area (Å²) in [7, 11) is 0. The van der Waals surface area contributed by atoms with Crippen LogP contribution in [0, 0.1) is 5.82 Å². The molecular weight excluding hydrogens is 392 g/mol. The molecule has 0 aliphatic rings. The maximum absolute atomic E-state index is 13.4. The molecule has 0 saturated carbocycles. The van der Waals surface area contributed by atoms with Gasteiger partial charge in [0.05, 0.1) is 23.4 Å². The van der Waals surface area contributed by atoms with Crippen LogP contribution < -0.4 is 10.6 Å². The van der Waals surface area contributed by atoms with E-state index in [9.17, 15) is 27.2 Å². The van der Waals surface area contributed by atoms with E-state index in [1.807, 2.05) is 6.92 Å². The van der Waals surface area contributed by atoms with Crippen LogP contribution in [0.15, 0.2) is 42.5 Å². The molecule has 0 bridgehead atoms. The number of halogens is 4. The average molecular weight is 412 g/mol. The number of carbonyl (C=O) groups excluding carboxylic acids is 2. The molecule has 9 heteroatoms. The molecule has 0 spiro atoms. The molecule has 0 unspecified atom stereocenters. The minimum absolute atomic E-state index is 0.0558. The van der Waals surface area contributed by atoms with Gasteiger partial charge in [-0.1, -0.05) is 25.5 Å². The highest BCUT2D eigenvalue weighted by Crippen LogP contribution is 2.30. The highest BCUT2D eigenvalue weighted by Gasteiger charge is 2.31. The van der Waals surface area contributed by atoms with Crippen LogP contribution in [-0.4, -0.2) is 18.6 Å². The zero-order valence-electron chi connectivity index (χ0n) is 15.6. The first-order valence-corrected chi connectivity index (χ1v) is 8.88. The van der Waals surface area contributed by atoms with Gasteiger partial charge < -0.3 is 15.4 Å². The Hall–Kier alpha value is -3.10. The van der Waals surface area contributed by atoms with Gasteiger partial charge in [-0.3, -0.25) is 0 Å². The Morgan fingerprint density at radius 2 is 1.83 bits per heavy atom. The lowest BCUT2D eigenvalue weighted by atomic mass is 10.1. The van der Waals surface area contributed by atoms with E-state index in [1.165, 1.54) is 12.1 Å². The van der Waals surface area contributed by atoms with E-state index in [0.29, 0.717) is 12.5 Å². The SMILES string of the molecule is CCCCOC(=O)c1ccccc1NC(=O)NCc1cc(F)cc(C(F)(F)F)c1. The van der Waals surface area contributed by atoms with E-state index < -0.39 is 29.6 Å². The first-order chi connectivity index (χ1) is 13.7. The summed E-state index contributed by atoms with van der Waals surface area (Å²) in [5, 5.41) is 4.78. The predicted octanol–water partition coefficient (Wildman–Crippen LogP) is 5.12. The molecule has 0 heterocycles. The molecule has 5 nitrogen and oxygen atoms in total. The molecule has 29 heavy (non-hydrogen) atoms. The number of unbranched alkanes of at least 4 members (excludes halogenated alkanes) is 1. The van der Waals surface area contributed by atoms with Crippen LogP contribution >= 0.6 is 0 Å². The van der Waals surface area contributed by atoms with Gasteiger partial charge in [0.15, 0.2) is 0 Å². The van der Waals surface area contributed by atoms with Crippen molar-refractivity contribution in [2.45, 2.75) is 32.5 Å². The third-order valence-corrected chi connectivity index (χ3v) is 3.86. The van der Waals surface area contributed by atoms with Gasteiger partial charge in [0.2, 0.25) is 0 Å². The van der Waals surface area contributed by atoms with Crippen molar-refractivity contribution in [3.63, 3.8) is 0 Å². The second kappa shape index (κ2) is 9.90. The van der Waals surface area contributed by atoms with Gasteiger partial charge in [0.25, 0.3) is 0 Å². The van der Waals surface area contributed by atoms with Gasteiger partial charge >= 0.3 is 18.2 Å². The van der Waals surface area contributed by atoms with Crippen LogP contribution in [0.3, 0.4) is 0 Å². The van der Waals surface area contributed by atoms with Gasteiger partial charge in [-0.25, -0.2) is 14.0 Å². The Kier molecular flexibility index (Phi) is 7.58. The maximum Gasteiger partial charge on any atom is 0.416 e. The van der Waals surface area contributed by atoms with E-state index >= 15 is 0 Å². The fraction of sp³-hybridized carbons (Fsp3) is 0.300. The number of hydrogen-bond acceptors (Lipinski definition) is 3. The summed E-state index contributed by atoms with van der Waals surface area (Å²) in [4.78, 5) is 24.2. The standard InChI is InChI=1S/C20H20F4N2O3/c1-2-3-8-29-18(27)16-6-4-5-7-17(16)26-19(28)25-12-13-9-14(20(22,23)24)11-15(21)10-13/h4-7,9-11H,2-3,8,12H2,1H3,(H2,25,26,28). The summed E-state index contributed by atoms with van der Waals surface area (Å²) in [5.41, 5.74) is -0.875. The Morgan fingerprint density at radius 3 is 2.52 bits per heavy atom. The third kappa shape index (κ3) is 6.78. The van der Waals surface area contributed by atoms with Gasteiger partial charge in [-0.05, 0) is 42.3 Å². The van der Waals surface area contributed by atoms with Crippen molar-refractivity contribution in [2.75, 3.05) is 11.9 Å². The van der Waals surface area contributed by atoms with Crippen LogP contribution in [0.4, 0.5) is 28.0 Å². The summed E-state index contributed by atoms with van der Waals surface area (Å²) in [6.07, 6.45) is -3.14. The van der Waals surface area contributed by atoms with Crippen molar-refractivity contribution >= 4 is 17.7 Å². The number of amides is 2. The van der Waals surface area contributed by atoms with E-state index in [-0.39, 0.29) is 30.0 Å². The number of nitrogens with one attached hydrogen (secondary N) is 2. The lowest BCUT2D eigenvalue weighted by molar-refractivity contribution is -0.137. The normalized spacial score (nSPS) is 11.1. The lowest BCUT2D eigenvalue weighted by Gasteiger charge is -2.13. The third-order valence-electron chi connectivity index (χ3n) is 3.86. The van der Waals surface area contributed by atoms with Gasteiger partial charge in [0, 0.05) is 6.54 Å². The molecule has 0 aliphatic heterocycles. The minimum atomic E-state index is -4.70. The number of alkyl halides is 3. The summed E-state index contributed by atoms with van der Waals surface area (Å²) in [5.74, 6) is -1.66. The molecule has 0 fully saturated rings. The molecule has 0 aliphatic carbocycles. The first-order valence-electron chi connectivity index (χ1n) is 8.88. The van der Waals surface area contributed by atoms with E-state index in [1.54, 1.807) is 12.1 Å². The van der Waals surface area contributed by atoms with E-state index in [2.05, 4.69) is 10.6 Å². The van der Waals surface area contributed by atoms with E-state index in [0.717, 1.165) is 18.6 Å². The van der Waals surface area contributed by atoms with Crippen LogP contribution in [0.25, 0.3) is 0 Å². The molecule has 2 aromatic rings.